The summed E-state index contributed by atoms with van der Waals surface area (Å²) in [5, 5.41) is 2.18. The summed E-state index contributed by atoms with van der Waals surface area (Å²) >= 11 is 0. The van der Waals surface area contributed by atoms with Crippen molar-refractivity contribution >= 4 is 17.1 Å². The molecule has 0 fully saturated rings. The van der Waals surface area contributed by atoms with E-state index in [0.717, 1.165) is 46.5 Å². The molecule has 1 aromatic carbocycles. The molecule has 1 unspecified atom stereocenters. The summed E-state index contributed by atoms with van der Waals surface area (Å²) in [4.78, 5) is 21.8. The number of benzene rings is 1. The third-order valence-electron chi connectivity index (χ3n) is 5.41. The molecule has 0 aromatic heterocycles. The largest absolute Gasteiger partial charge is 0.497 e. The van der Waals surface area contributed by atoms with Gasteiger partial charge in [-0.15, -0.1) is 0 Å². The van der Waals surface area contributed by atoms with E-state index >= 15 is 0 Å². The molecule has 4 heteroatoms. The van der Waals surface area contributed by atoms with Crippen LogP contribution in [0.1, 0.15) is 27.2 Å². The Morgan fingerprint density at radius 3 is 2.81 bits per heavy atom. The SMILES string of the molecule is COc1ccc2c(c1)=NC1C(/C=C3/C=C(C)C(=O)C=C3C(C)C)=NCCC=21. The highest BCUT2D eigenvalue weighted by molar-refractivity contribution is 6.10. The molecule has 3 aliphatic rings. The fourth-order valence-corrected chi connectivity index (χ4v) is 3.92. The second kappa shape index (κ2) is 6.76. The van der Waals surface area contributed by atoms with Crippen LogP contribution >= 0.6 is 0 Å². The Hall–Kier alpha value is -2.75. The molecule has 0 radical (unpaired) electrons. The lowest BCUT2D eigenvalue weighted by Gasteiger charge is -2.22. The highest BCUT2D eigenvalue weighted by Gasteiger charge is 2.28. The molecule has 1 aliphatic carbocycles. The quantitative estimate of drug-likeness (QED) is 0.832. The molecule has 4 nitrogen and oxygen atoms in total. The molecular weight excluding hydrogens is 336 g/mol. The monoisotopic (exact) mass is 360 g/mol. The molecular formula is C23H24N2O2. The first-order chi connectivity index (χ1) is 13.0. The molecule has 4 rings (SSSR count). The summed E-state index contributed by atoms with van der Waals surface area (Å²) in [5.41, 5.74) is 5.22. The van der Waals surface area contributed by atoms with Gasteiger partial charge in [0.05, 0.1) is 18.2 Å². The van der Waals surface area contributed by atoms with Gasteiger partial charge >= 0.3 is 0 Å². The number of nitrogens with zero attached hydrogens (tertiary/aromatic N) is 2. The molecule has 2 aliphatic heterocycles. The molecule has 138 valence electrons. The van der Waals surface area contributed by atoms with Crippen molar-refractivity contribution in [3.8, 4) is 5.75 Å². The smallest absolute Gasteiger partial charge is 0.181 e. The van der Waals surface area contributed by atoms with Gasteiger partial charge in [-0.05, 0) is 71.9 Å². The lowest BCUT2D eigenvalue weighted by Crippen LogP contribution is -2.26. The van der Waals surface area contributed by atoms with E-state index in [1.54, 1.807) is 13.2 Å². The maximum Gasteiger partial charge on any atom is 0.181 e. The van der Waals surface area contributed by atoms with Crippen molar-refractivity contribution in [1.29, 1.82) is 0 Å². The predicted molar refractivity (Wildman–Crippen MR) is 108 cm³/mol. The Morgan fingerprint density at radius 1 is 1.26 bits per heavy atom. The molecule has 2 heterocycles. The number of aliphatic imine (C=N–C) groups is 1. The number of rotatable bonds is 3. The van der Waals surface area contributed by atoms with E-state index in [-0.39, 0.29) is 17.7 Å². The van der Waals surface area contributed by atoms with Crippen molar-refractivity contribution in [2.75, 3.05) is 13.7 Å². The van der Waals surface area contributed by atoms with Crippen LogP contribution in [-0.4, -0.2) is 31.2 Å². The number of allylic oxidation sites excluding steroid dienone is 5. The molecule has 0 saturated heterocycles. The fourth-order valence-electron chi connectivity index (χ4n) is 3.92. The van der Waals surface area contributed by atoms with E-state index in [1.807, 2.05) is 25.1 Å². The third-order valence-corrected chi connectivity index (χ3v) is 5.41. The molecule has 1 atom stereocenters. The second-order valence-electron chi connectivity index (χ2n) is 7.54. The minimum absolute atomic E-state index is 0.0342. The van der Waals surface area contributed by atoms with Crippen LogP contribution in [0.2, 0.25) is 0 Å². The van der Waals surface area contributed by atoms with E-state index in [4.69, 9.17) is 14.7 Å². The minimum atomic E-state index is -0.0342. The molecule has 0 N–H and O–H groups in total. The van der Waals surface area contributed by atoms with E-state index in [2.05, 4.69) is 26.0 Å². The number of carbonyl (C=O) groups is 1. The molecule has 0 saturated carbocycles. The van der Waals surface area contributed by atoms with Crippen molar-refractivity contribution in [2.45, 2.75) is 33.2 Å². The summed E-state index contributed by atoms with van der Waals surface area (Å²) < 4.78 is 5.34. The van der Waals surface area contributed by atoms with Gasteiger partial charge < -0.3 is 4.74 Å². The van der Waals surface area contributed by atoms with Crippen LogP contribution in [-0.2, 0) is 4.79 Å². The fraction of sp³-hybridized carbons (Fsp3) is 0.348. The number of hydrogen-bond acceptors (Lipinski definition) is 4. The molecule has 0 bridgehead atoms. The Labute approximate surface area is 159 Å². The van der Waals surface area contributed by atoms with Gasteiger partial charge in [0, 0.05) is 17.8 Å². The van der Waals surface area contributed by atoms with E-state index in [1.165, 1.54) is 10.8 Å². The normalized spacial score (nSPS) is 22.8. The predicted octanol–water partition coefficient (Wildman–Crippen LogP) is 2.73. The van der Waals surface area contributed by atoms with Crippen molar-refractivity contribution in [2.24, 2.45) is 15.9 Å². The van der Waals surface area contributed by atoms with Gasteiger partial charge in [-0.3, -0.25) is 14.8 Å². The van der Waals surface area contributed by atoms with Crippen molar-refractivity contribution in [1.82, 2.24) is 0 Å². The summed E-state index contributed by atoms with van der Waals surface area (Å²) in [6.45, 7) is 6.87. The van der Waals surface area contributed by atoms with Crippen LogP contribution < -0.4 is 15.3 Å². The summed E-state index contributed by atoms with van der Waals surface area (Å²) in [6.07, 6.45) is 6.81. The molecule has 1 aromatic rings. The van der Waals surface area contributed by atoms with E-state index in [9.17, 15) is 4.79 Å². The van der Waals surface area contributed by atoms with E-state index < -0.39 is 0 Å². The lowest BCUT2D eigenvalue weighted by atomic mass is 9.85. The molecule has 0 amide bonds. The highest BCUT2D eigenvalue weighted by Crippen LogP contribution is 2.29. The minimum Gasteiger partial charge on any atom is -0.497 e. The van der Waals surface area contributed by atoms with Gasteiger partial charge in [-0.25, -0.2) is 0 Å². The number of hydrogen-bond donors (Lipinski definition) is 0. The number of ketones is 1. The zero-order valence-corrected chi connectivity index (χ0v) is 16.2. The maximum absolute atomic E-state index is 12.1. The summed E-state index contributed by atoms with van der Waals surface area (Å²) in [5.74, 6) is 1.20. The average Bonchev–Trinajstić information content (AvgIpc) is 3.03. The zero-order chi connectivity index (χ0) is 19.1. The van der Waals surface area contributed by atoms with Crippen LogP contribution in [0.3, 0.4) is 0 Å². The molecule has 27 heavy (non-hydrogen) atoms. The van der Waals surface area contributed by atoms with Crippen LogP contribution in [0, 0.1) is 5.92 Å². The number of carbonyl (C=O) groups excluding carboxylic acids is 1. The Balaban J connectivity index is 1.78. The van der Waals surface area contributed by atoms with Gasteiger partial charge in [0.15, 0.2) is 5.78 Å². The summed E-state index contributed by atoms with van der Waals surface area (Å²) in [7, 11) is 1.67. The van der Waals surface area contributed by atoms with Crippen LogP contribution in [0.25, 0.3) is 5.57 Å². The topological polar surface area (TPSA) is 51.0 Å². The standard InChI is InChI=1S/C23H24N2O2/c1-13(2)19-12-22(26)14(3)9-15(19)10-21-23-18(7-8-24-21)17-6-5-16(27-4)11-20(17)25-23/h5-6,9-13,23H,7-8H2,1-4H3/b15-10-. The number of ether oxygens (including phenoxy) is 1. The molecule has 0 spiro atoms. The van der Waals surface area contributed by atoms with Crippen molar-refractivity contribution in [3.63, 3.8) is 0 Å². The second-order valence-corrected chi connectivity index (χ2v) is 7.54. The van der Waals surface area contributed by atoms with Crippen molar-refractivity contribution in [3.05, 3.63) is 63.7 Å². The van der Waals surface area contributed by atoms with Crippen LogP contribution in [0.5, 0.6) is 5.75 Å². The first-order valence-corrected chi connectivity index (χ1v) is 9.43. The first kappa shape index (κ1) is 17.7. The van der Waals surface area contributed by atoms with Gasteiger partial charge in [-0.1, -0.05) is 13.8 Å². The Morgan fingerprint density at radius 2 is 2.07 bits per heavy atom. The first-order valence-electron chi connectivity index (χ1n) is 9.43. The number of methoxy groups -OCH3 is 1. The Bertz CT molecular complexity index is 1070. The van der Waals surface area contributed by atoms with E-state index in [0.29, 0.717) is 0 Å². The van der Waals surface area contributed by atoms with Gasteiger partial charge in [-0.2, -0.15) is 0 Å². The van der Waals surface area contributed by atoms with Crippen molar-refractivity contribution < 1.29 is 9.53 Å². The van der Waals surface area contributed by atoms with Crippen LogP contribution in [0.15, 0.2) is 63.1 Å². The van der Waals surface area contributed by atoms with Gasteiger partial charge in [0.1, 0.15) is 11.8 Å². The average molecular weight is 360 g/mol. The lowest BCUT2D eigenvalue weighted by molar-refractivity contribution is -0.111. The number of fused-ring (bicyclic) bond motifs is 2. The van der Waals surface area contributed by atoms with Gasteiger partial charge in [0.2, 0.25) is 0 Å². The van der Waals surface area contributed by atoms with Crippen LogP contribution in [0.4, 0.5) is 0 Å². The van der Waals surface area contributed by atoms with Gasteiger partial charge in [0.25, 0.3) is 0 Å². The summed E-state index contributed by atoms with van der Waals surface area (Å²) in [6, 6.07) is 6.06. The highest BCUT2D eigenvalue weighted by atomic mass is 16.5. The Kier molecular flexibility index (Phi) is 4.42. The maximum atomic E-state index is 12.1. The zero-order valence-electron chi connectivity index (χ0n) is 16.2. The third kappa shape index (κ3) is 3.09.